The number of carboxylic acids is 3. The number of benzene rings is 3. The smallest absolute Gasteiger partial charge is 0.320 e. The van der Waals surface area contributed by atoms with Gasteiger partial charge in [-0.15, -0.1) is 0 Å². The van der Waals surface area contributed by atoms with Gasteiger partial charge in [0, 0.05) is 0 Å². The summed E-state index contributed by atoms with van der Waals surface area (Å²) in [7, 11) is 0. The maximum atomic E-state index is 10.4. The van der Waals surface area contributed by atoms with E-state index in [0.717, 1.165) is 0 Å². The normalized spacial score (nSPS) is 12.4. The van der Waals surface area contributed by atoms with Crippen LogP contribution >= 0.6 is 0 Å². The van der Waals surface area contributed by atoms with E-state index in [4.69, 9.17) is 63.2 Å². The zero-order chi connectivity index (χ0) is 32.1. The molecular formula is C27H33N3O12. The molecule has 0 saturated carbocycles. The van der Waals surface area contributed by atoms with E-state index in [2.05, 4.69) is 0 Å². The molecule has 42 heavy (non-hydrogen) atoms. The molecule has 0 fully saturated rings. The first kappa shape index (κ1) is 34.8. The van der Waals surface area contributed by atoms with Gasteiger partial charge in [0.15, 0.2) is 34.5 Å². The second-order valence-corrected chi connectivity index (χ2v) is 8.92. The quantitative estimate of drug-likeness (QED) is 0.147. The van der Waals surface area contributed by atoms with Crippen molar-refractivity contribution in [2.75, 3.05) is 0 Å². The van der Waals surface area contributed by atoms with Crippen molar-refractivity contribution < 1.29 is 60.3 Å². The molecule has 0 aliphatic heterocycles. The average molecular weight is 592 g/mol. The predicted molar refractivity (Wildman–Crippen MR) is 147 cm³/mol. The van der Waals surface area contributed by atoms with Crippen molar-refractivity contribution in [2.45, 2.75) is 37.4 Å². The van der Waals surface area contributed by atoms with Crippen molar-refractivity contribution in [2.24, 2.45) is 17.2 Å². The van der Waals surface area contributed by atoms with Crippen LogP contribution in [0.1, 0.15) is 16.7 Å². The molecule has 0 unspecified atom stereocenters. The van der Waals surface area contributed by atoms with Crippen molar-refractivity contribution in [3.8, 4) is 34.5 Å². The number of rotatable bonds is 9. The maximum absolute atomic E-state index is 10.4. The molecule has 0 heterocycles. The standard InChI is InChI=1S/3C9H11NO4/c3*10-6(9(13)14)3-5-1-2-7(11)8(12)4-5/h3*1-2,4,6,11-12H,3,10H2,(H,13,14)/t3*6-/m000/s1. The van der Waals surface area contributed by atoms with Gasteiger partial charge < -0.3 is 63.2 Å². The van der Waals surface area contributed by atoms with Crippen molar-refractivity contribution in [3.63, 3.8) is 0 Å². The Morgan fingerprint density at radius 1 is 0.452 bits per heavy atom. The minimum Gasteiger partial charge on any atom is -0.504 e. The van der Waals surface area contributed by atoms with Crippen LogP contribution in [0, 0.1) is 0 Å². The van der Waals surface area contributed by atoms with Gasteiger partial charge in [0.25, 0.3) is 0 Å². The van der Waals surface area contributed by atoms with Crippen LogP contribution in [0.4, 0.5) is 0 Å². The lowest BCUT2D eigenvalue weighted by Gasteiger charge is -2.06. The number of aliphatic carboxylic acids is 3. The summed E-state index contributed by atoms with van der Waals surface area (Å²) >= 11 is 0. The Kier molecular flexibility index (Phi) is 13.3. The van der Waals surface area contributed by atoms with Crippen molar-refractivity contribution in [1.82, 2.24) is 0 Å². The SMILES string of the molecule is N[C@@H](Cc1ccc(O)c(O)c1)C(=O)O.N[C@@H](Cc1ccc(O)c(O)c1)C(=O)O.N[C@@H](Cc1ccc(O)c(O)c1)C(=O)O. The van der Waals surface area contributed by atoms with Gasteiger partial charge in [-0.1, -0.05) is 18.2 Å². The van der Waals surface area contributed by atoms with Crippen LogP contribution in [0.3, 0.4) is 0 Å². The Morgan fingerprint density at radius 3 is 0.833 bits per heavy atom. The summed E-state index contributed by atoms with van der Waals surface area (Å²) in [5, 5.41) is 79.9. The lowest BCUT2D eigenvalue weighted by molar-refractivity contribution is -0.139. The first-order chi connectivity index (χ1) is 19.5. The van der Waals surface area contributed by atoms with Gasteiger partial charge in [-0.05, 0) is 72.4 Å². The topological polar surface area (TPSA) is 311 Å². The first-order valence-corrected chi connectivity index (χ1v) is 12.0. The zero-order valence-electron chi connectivity index (χ0n) is 22.0. The fourth-order valence-corrected chi connectivity index (χ4v) is 3.11. The second kappa shape index (κ2) is 16.1. The largest absolute Gasteiger partial charge is 0.504 e. The zero-order valence-corrected chi connectivity index (χ0v) is 22.0. The molecule has 15 nitrogen and oxygen atoms in total. The highest BCUT2D eigenvalue weighted by molar-refractivity contribution is 5.74. The number of phenolic OH excluding ortho intramolecular Hbond substituents is 6. The molecule has 228 valence electrons. The van der Waals surface area contributed by atoms with Gasteiger partial charge in [0.1, 0.15) is 18.1 Å². The third-order valence-electron chi connectivity index (χ3n) is 5.44. The highest BCUT2D eigenvalue weighted by Gasteiger charge is 2.14. The number of carbonyl (C=O) groups is 3. The number of aromatic hydroxyl groups is 6. The lowest BCUT2D eigenvalue weighted by atomic mass is 10.1. The molecule has 3 aromatic rings. The summed E-state index contributed by atoms with van der Waals surface area (Å²) in [6.07, 6.45) is 0.343. The molecule has 15 heteroatoms. The Hall–Kier alpha value is -5.25. The minimum atomic E-state index is -1.10. The number of phenols is 6. The monoisotopic (exact) mass is 591 g/mol. The van der Waals surface area contributed by atoms with Crippen molar-refractivity contribution >= 4 is 17.9 Å². The van der Waals surface area contributed by atoms with Crippen molar-refractivity contribution in [3.05, 3.63) is 71.3 Å². The number of hydrogen-bond donors (Lipinski definition) is 12. The van der Waals surface area contributed by atoms with Gasteiger partial charge in [-0.2, -0.15) is 0 Å². The van der Waals surface area contributed by atoms with E-state index in [9.17, 15) is 14.4 Å². The van der Waals surface area contributed by atoms with E-state index in [1.165, 1.54) is 54.6 Å². The van der Waals surface area contributed by atoms with Crippen LogP contribution in [0.5, 0.6) is 34.5 Å². The van der Waals surface area contributed by atoms with Gasteiger partial charge in [-0.3, -0.25) is 14.4 Å². The molecule has 3 rings (SSSR count). The van der Waals surface area contributed by atoms with Crippen LogP contribution in [0.25, 0.3) is 0 Å². The van der Waals surface area contributed by atoms with E-state index in [-0.39, 0.29) is 53.8 Å². The average Bonchev–Trinajstić information content (AvgIpc) is 2.91. The van der Waals surface area contributed by atoms with E-state index in [1.807, 2.05) is 0 Å². The minimum absolute atomic E-state index is 0.114. The van der Waals surface area contributed by atoms with Crippen LogP contribution < -0.4 is 17.2 Å². The molecular weight excluding hydrogens is 558 g/mol. The molecule has 0 aliphatic rings. The number of hydrogen-bond acceptors (Lipinski definition) is 12. The molecule has 0 radical (unpaired) electrons. The van der Waals surface area contributed by atoms with Gasteiger partial charge >= 0.3 is 17.9 Å². The third-order valence-corrected chi connectivity index (χ3v) is 5.44. The first-order valence-electron chi connectivity index (χ1n) is 12.0. The summed E-state index contributed by atoms with van der Waals surface area (Å²) < 4.78 is 0. The molecule has 0 bridgehead atoms. The van der Waals surface area contributed by atoms with Gasteiger partial charge in [0.2, 0.25) is 0 Å². The Balaban J connectivity index is 0.000000315. The van der Waals surface area contributed by atoms with E-state index < -0.39 is 36.0 Å². The fraction of sp³-hybridized carbons (Fsp3) is 0.222. The second-order valence-electron chi connectivity index (χ2n) is 8.92. The van der Waals surface area contributed by atoms with Crippen LogP contribution in [0.2, 0.25) is 0 Å². The third kappa shape index (κ3) is 11.9. The Labute approximate surface area is 238 Å². The Bertz CT molecular complexity index is 1220. The van der Waals surface area contributed by atoms with Gasteiger partial charge in [-0.25, -0.2) is 0 Å². The lowest BCUT2D eigenvalue weighted by Crippen LogP contribution is -2.32. The molecule has 0 amide bonds. The summed E-state index contributed by atoms with van der Waals surface area (Å²) in [5.74, 6) is -4.85. The predicted octanol–water partition coefficient (Wildman–Crippen LogP) is 0.157. The molecule has 0 aromatic heterocycles. The van der Waals surface area contributed by atoms with E-state index in [1.54, 1.807) is 0 Å². The van der Waals surface area contributed by atoms with Crippen molar-refractivity contribution in [1.29, 1.82) is 0 Å². The van der Waals surface area contributed by atoms with Crippen LogP contribution in [-0.2, 0) is 33.6 Å². The highest BCUT2D eigenvalue weighted by Crippen LogP contribution is 2.27. The highest BCUT2D eigenvalue weighted by atomic mass is 16.4. The van der Waals surface area contributed by atoms with E-state index >= 15 is 0 Å². The summed E-state index contributed by atoms with van der Waals surface area (Å²) in [5.41, 5.74) is 17.6. The number of carboxylic acid groups (broad SMARTS) is 3. The molecule has 0 saturated heterocycles. The molecule has 3 atom stereocenters. The molecule has 3 aromatic carbocycles. The summed E-state index contributed by atoms with van der Waals surface area (Å²) in [6.45, 7) is 0. The molecule has 15 N–H and O–H groups in total. The van der Waals surface area contributed by atoms with Crippen LogP contribution in [-0.4, -0.2) is 82.0 Å². The Morgan fingerprint density at radius 2 is 0.667 bits per heavy atom. The fourth-order valence-electron chi connectivity index (χ4n) is 3.11. The maximum Gasteiger partial charge on any atom is 0.320 e. The molecule has 0 aliphatic carbocycles. The summed E-state index contributed by atoms with van der Waals surface area (Å²) in [6, 6.07) is 9.27. The van der Waals surface area contributed by atoms with Crippen LogP contribution in [0.15, 0.2) is 54.6 Å². The number of nitrogens with two attached hydrogens (primary N) is 3. The van der Waals surface area contributed by atoms with E-state index in [0.29, 0.717) is 16.7 Å². The van der Waals surface area contributed by atoms with Gasteiger partial charge in [0.05, 0.1) is 0 Å². The molecule has 0 spiro atoms. The summed E-state index contributed by atoms with van der Waals surface area (Å²) in [4.78, 5) is 31.3.